The second kappa shape index (κ2) is 4.13. The van der Waals surface area contributed by atoms with Crippen molar-refractivity contribution in [2.45, 2.75) is 11.9 Å². The van der Waals surface area contributed by atoms with Gasteiger partial charge in [0.25, 0.3) is 5.03 Å². The molecule has 1 heterocycles. The van der Waals surface area contributed by atoms with Gasteiger partial charge in [-0.15, -0.1) is 0 Å². The molecule has 0 N–H and O–H groups in total. The van der Waals surface area contributed by atoms with Crippen LogP contribution in [0.2, 0.25) is 0 Å². The zero-order valence-electron chi connectivity index (χ0n) is 7.14. The lowest BCUT2D eigenvalue weighted by Gasteiger charge is -1.96. The van der Waals surface area contributed by atoms with Crippen LogP contribution in [-0.4, -0.2) is 24.0 Å². The normalized spacial score (nSPS) is 10.0. The van der Waals surface area contributed by atoms with Gasteiger partial charge in [-0.1, -0.05) is 11.8 Å². The zero-order valence-corrected chi connectivity index (χ0v) is 7.96. The highest BCUT2D eigenvalue weighted by atomic mass is 32.2. The molecule has 0 spiro atoms. The molecule has 13 heavy (non-hydrogen) atoms. The molecule has 6 nitrogen and oxygen atoms in total. The van der Waals surface area contributed by atoms with Crippen LogP contribution in [0.3, 0.4) is 0 Å². The highest BCUT2D eigenvalue weighted by molar-refractivity contribution is 7.99. The van der Waals surface area contributed by atoms with E-state index in [2.05, 4.69) is 14.5 Å². The first-order chi connectivity index (χ1) is 6.15. The van der Waals surface area contributed by atoms with Gasteiger partial charge in [0.2, 0.25) is 5.69 Å². The topological polar surface area (TPSA) is 79.3 Å². The Morgan fingerprint density at radius 1 is 1.85 bits per heavy atom. The van der Waals surface area contributed by atoms with Crippen LogP contribution in [-0.2, 0) is 9.53 Å². The first-order valence-corrected chi connectivity index (χ1v) is 4.39. The molecule has 0 saturated heterocycles. The molecule has 0 saturated carbocycles. The zero-order chi connectivity index (χ0) is 9.84. The fraction of sp³-hybridized carbons (Fsp3) is 0.500. The minimum atomic E-state index is -0.398. The molecule has 0 aliphatic carbocycles. The lowest BCUT2D eigenvalue weighted by Crippen LogP contribution is -2.25. The first-order valence-electron chi connectivity index (χ1n) is 3.41. The summed E-state index contributed by atoms with van der Waals surface area (Å²) in [6.45, 7) is 1.62. The molecular formula is C6H8N2O4S. The summed E-state index contributed by atoms with van der Waals surface area (Å²) in [5.41, 5.74) is 0.462. The van der Waals surface area contributed by atoms with E-state index in [0.29, 0.717) is 5.69 Å². The number of hydrogen-bond donors (Lipinski definition) is 0. The molecular weight excluding hydrogens is 196 g/mol. The number of ether oxygens (including phenoxy) is 1. The highest BCUT2D eigenvalue weighted by Crippen LogP contribution is 2.16. The van der Waals surface area contributed by atoms with Crippen LogP contribution in [0.25, 0.3) is 0 Å². The third-order valence-corrected chi connectivity index (χ3v) is 2.38. The summed E-state index contributed by atoms with van der Waals surface area (Å²) in [4.78, 5) is 11.0. The number of aryl methyl sites for hydroxylation is 1. The summed E-state index contributed by atoms with van der Waals surface area (Å²) in [5, 5.41) is 14.6. The van der Waals surface area contributed by atoms with Crippen LogP contribution in [0.15, 0.2) is 9.65 Å². The van der Waals surface area contributed by atoms with Gasteiger partial charge in [0.05, 0.1) is 12.9 Å². The van der Waals surface area contributed by atoms with Crippen molar-refractivity contribution in [1.29, 1.82) is 0 Å². The van der Waals surface area contributed by atoms with E-state index in [-0.39, 0.29) is 15.7 Å². The molecule has 0 amide bonds. The Bertz CT molecular complexity index is 292. The van der Waals surface area contributed by atoms with Crippen LogP contribution in [0.4, 0.5) is 0 Å². The number of esters is 1. The molecule has 0 aliphatic heterocycles. The maximum Gasteiger partial charge on any atom is 0.316 e. The molecule has 0 bridgehead atoms. The number of nitrogens with zero attached hydrogens (tertiary/aromatic N) is 2. The van der Waals surface area contributed by atoms with Crippen LogP contribution in [0, 0.1) is 12.1 Å². The van der Waals surface area contributed by atoms with E-state index in [1.54, 1.807) is 6.92 Å². The van der Waals surface area contributed by atoms with Crippen molar-refractivity contribution < 1.29 is 19.1 Å². The molecule has 1 aromatic heterocycles. The lowest BCUT2D eigenvalue weighted by atomic mass is 10.6. The minimum absolute atomic E-state index is 0.0702. The summed E-state index contributed by atoms with van der Waals surface area (Å²) < 4.78 is 8.71. The van der Waals surface area contributed by atoms with E-state index in [9.17, 15) is 10.0 Å². The molecule has 0 atom stereocenters. The second-order valence-electron chi connectivity index (χ2n) is 2.19. The molecule has 72 valence electrons. The van der Waals surface area contributed by atoms with Gasteiger partial charge in [-0.3, -0.25) is 9.42 Å². The van der Waals surface area contributed by atoms with E-state index in [0.717, 1.165) is 11.8 Å². The number of thioether (sulfide) groups is 1. The summed E-state index contributed by atoms with van der Waals surface area (Å²) in [6.07, 6.45) is 0. The smallest absolute Gasteiger partial charge is 0.316 e. The van der Waals surface area contributed by atoms with Gasteiger partial charge in [-0.05, 0) is 4.90 Å². The molecule has 0 radical (unpaired) electrons. The summed E-state index contributed by atoms with van der Waals surface area (Å²) >= 11 is 1.03. The number of aromatic nitrogens is 2. The van der Waals surface area contributed by atoms with Gasteiger partial charge >= 0.3 is 5.97 Å². The van der Waals surface area contributed by atoms with Crippen molar-refractivity contribution >= 4 is 17.7 Å². The van der Waals surface area contributed by atoms with Crippen molar-refractivity contribution in [2.24, 2.45) is 0 Å². The Labute approximate surface area is 78.4 Å². The maximum absolute atomic E-state index is 10.9. The van der Waals surface area contributed by atoms with Crippen LogP contribution in [0.1, 0.15) is 5.69 Å². The van der Waals surface area contributed by atoms with Crippen molar-refractivity contribution in [1.82, 2.24) is 5.16 Å². The number of carbonyl (C=O) groups is 1. The monoisotopic (exact) mass is 204 g/mol. The number of carbonyl (C=O) groups excluding carboxylic acids is 1. The van der Waals surface area contributed by atoms with Gasteiger partial charge in [0.1, 0.15) is 0 Å². The Morgan fingerprint density at radius 2 is 2.54 bits per heavy atom. The van der Waals surface area contributed by atoms with Gasteiger partial charge in [-0.25, -0.2) is 0 Å². The number of hydrogen-bond acceptors (Lipinski definition) is 6. The number of rotatable bonds is 3. The molecule has 1 rings (SSSR count). The lowest BCUT2D eigenvalue weighted by molar-refractivity contribution is -0.831. The van der Waals surface area contributed by atoms with Gasteiger partial charge in [-0.2, -0.15) is 0 Å². The largest absolute Gasteiger partial charge is 0.468 e. The summed E-state index contributed by atoms with van der Waals surface area (Å²) in [5.74, 6) is -0.327. The van der Waals surface area contributed by atoms with Crippen LogP contribution >= 0.6 is 11.8 Å². The van der Waals surface area contributed by atoms with Crippen LogP contribution < -0.4 is 4.90 Å². The second-order valence-corrected chi connectivity index (χ2v) is 3.15. The highest BCUT2D eigenvalue weighted by Gasteiger charge is 2.16. The average Bonchev–Trinajstić information content (AvgIpc) is 2.43. The fourth-order valence-corrected chi connectivity index (χ4v) is 1.41. The Hall–Kier alpha value is -1.24. The molecule has 0 unspecified atom stereocenters. The van der Waals surface area contributed by atoms with E-state index >= 15 is 0 Å². The quantitative estimate of drug-likeness (QED) is 0.388. The molecule has 0 fully saturated rings. The maximum atomic E-state index is 10.9. The summed E-state index contributed by atoms with van der Waals surface area (Å²) in [7, 11) is 1.29. The van der Waals surface area contributed by atoms with E-state index in [1.807, 2.05) is 0 Å². The Balaban J connectivity index is 2.58. The molecule has 0 aliphatic rings. The van der Waals surface area contributed by atoms with Crippen molar-refractivity contribution in [3.8, 4) is 0 Å². The third-order valence-electron chi connectivity index (χ3n) is 1.28. The van der Waals surface area contributed by atoms with Gasteiger partial charge in [0.15, 0.2) is 0 Å². The SMILES string of the molecule is COC(=O)CSc1c(C)no[n+]1[O-]. The van der Waals surface area contributed by atoms with Gasteiger partial charge < -0.3 is 9.94 Å². The standard InChI is InChI=1S/C6H8N2O4S/c1-4-6(8(10)12-7-4)13-3-5(9)11-2/h3H2,1-2H3. The average molecular weight is 204 g/mol. The summed E-state index contributed by atoms with van der Waals surface area (Å²) in [6, 6.07) is 0. The molecule has 0 aromatic carbocycles. The molecule has 1 aromatic rings. The van der Waals surface area contributed by atoms with Gasteiger partial charge in [0, 0.05) is 12.1 Å². The van der Waals surface area contributed by atoms with E-state index in [4.69, 9.17) is 0 Å². The first kappa shape index (κ1) is 9.85. The van der Waals surface area contributed by atoms with E-state index in [1.165, 1.54) is 7.11 Å². The number of methoxy groups -OCH3 is 1. The molecule has 7 heteroatoms. The van der Waals surface area contributed by atoms with Crippen molar-refractivity contribution in [3.05, 3.63) is 10.9 Å². The third kappa shape index (κ3) is 2.35. The van der Waals surface area contributed by atoms with Crippen LogP contribution in [0.5, 0.6) is 0 Å². The van der Waals surface area contributed by atoms with Crippen molar-refractivity contribution in [2.75, 3.05) is 12.9 Å². The Morgan fingerprint density at radius 3 is 3.00 bits per heavy atom. The predicted octanol–water partition coefficient (Wildman–Crippen LogP) is -0.118. The van der Waals surface area contributed by atoms with E-state index < -0.39 is 5.97 Å². The minimum Gasteiger partial charge on any atom is -0.468 e. The predicted molar refractivity (Wildman–Crippen MR) is 42.9 cm³/mol. The Kier molecular flexibility index (Phi) is 3.13. The van der Waals surface area contributed by atoms with Crippen molar-refractivity contribution in [3.63, 3.8) is 0 Å². The fourth-order valence-electron chi connectivity index (χ4n) is 0.650.